The molecule has 0 radical (unpaired) electrons. The first-order chi connectivity index (χ1) is 12.5. The number of H-pyrrole nitrogens is 1. The highest BCUT2D eigenvalue weighted by Crippen LogP contribution is 2.38. The Morgan fingerprint density at radius 2 is 2.23 bits per heavy atom. The van der Waals surface area contributed by atoms with Gasteiger partial charge in [0, 0.05) is 6.07 Å². The van der Waals surface area contributed by atoms with Crippen molar-refractivity contribution in [3.63, 3.8) is 0 Å². The minimum Gasteiger partial charge on any atom is -0.500 e. The fourth-order valence-electron chi connectivity index (χ4n) is 2.50. The fraction of sp³-hybridized carbons (Fsp3) is 0.111. The van der Waals surface area contributed by atoms with Crippen LogP contribution in [-0.2, 0) is 0 Å². The van der Waals surface area contributed by atoms with Crippen molar-refractivity contribution in [2.75, 3.05) is 6.61 Å². The lowest BCUT2D eigenvalue weighted by molar-refractivity contribution is -0.386. The van der Waals surface area contributed by atoms with Gasteiger partial charge in [-0.15, -0.1) is 0 Å². The van der Waals surface area contributed by atoms with Crippen LogP contribution in [0.15, 0.2) is 36.4 Å². The van der Waals surface area contributed by atoms with Crippen LogP contribution < -0.4 is 4.74 Å². The maximum absolute atomic E-state index is 11.2. The van der Waals surface area contributed by atoms with Crippen LogP contribution >= 0.6 is 0 Å². The molecule has 8 heteroatoms. The molecule has 0 spiro atoms. The number of phenolic OH excluding ortho intramolecular Hbond substituents is 1. The van der Waals surface area contributed by atoms with E-state index in [1.807, 2.05) is 30.3 Å². The minimum absolute atomic E-state index is 0.0187. The molecule has 0 aliphatic heterocycles. The highest BCUT2D eigenvalue weighted by atomic mass is 16.6. The van der Waals surface area contributed by atoms with E-state index in [0.717, 1.165) is 5.52 Å². The van der Waals surface area contributed by atoms with Crippen molar-refractivity contribution in [2.45, 2.75) is 6.92 Å². The largest absolute Gasteiger partial charge is 0.500 e. The molecule has 26 heavy (non-hydrogen) atoms. The number of hydrogen-bond acceptors (Lipinski definition) is 6. The number of aromatic nitrogens is 2. The molecule has 2 N–H and O–H groups in total. The van der Waals surface area contributed by atoms with Crippen LogP contribution in [0.5, 0.6) is 11.5 Å². The topological polar surface area (TPSA) is 125 Å². The average Bonchev–Trinajstić information content (AvgIpc) is 3.05. The van der Waals surface area contributed by atoms with E-state index in [2.05, 4.69) is 9.97 Å². The molecule has 0 saturated heterocycles. The van der Waals surface area contributed by atoms with Gasteiger partial charge in [-0.25, -0.2) is 4.98 Å². The number of nitriles is 1. The maximum Gasteiger partial charge on any atom is 0.315 e. The molecule has 130 valence electrons. The summed E-state index contributed by atoms with van der Waals surface area (Å²) in [7, 11) is 0. The molecule has 0 amide bonds. The number of imidazole rings is 1. The minimum atomic E-state index is -0.706. The van der Waals surface area contributed by atoms with Gasteiger partial charge in [-0.2, -0.15) is 5.26 Å². The third-order valence-electron chi connectivity index (χ3n) is 3.65. The second kappa shape index (κ2) is 6.94. The van der Waals surface area contributed by atoms with Gasteiger partial charge in [-0.05, 0) is 36.8 Å². The second-order valence-corrected chi connectivity index (χ2v) is 5.35. The summed E-state index contributed by atoms with van der Waals surface area (Å²) in [6.07, 6.45) is 1.45. The molecule has 0 bridgehead atoms. The van der Waals surface area contributed by atoms with Crippen molar-refractivity contribution in [3.8, 4) is 17.6 Å². The Labute approximate surface area is 148 Å². The third-order valence-corrected chi connectivity index (χ3v) is 3.65. The lowest BCUT2D eigenvalue weighted by atomic mass is 10.1. The molecule has 2 aromatic carbocycles. The van der Waals surface area contributed by atoms with Crippen molar-refractivity contribution in [2.24, 2.45) is 0 Å². The first-order valence-electron chi connectivity index (χ1n) is 7.74. The predicted octanol–water partition coefficient (Wildman–Crippen LogP) is 3.64. The average molecular weight is 350 g/mol. The van der Waals surface area contributed by atoms with Crippen LogP contribution in [0.2, 0.25) is 0 Å². The fourth-order valence-corrected chi connectivity index (χ4v) is 2.50. The molecule has 3 aromatic rings. The number of aromatic amines is 1. The molecule has 8 nitrogen and oxygen atoms in total. The van der Waals surface area contributed by atoms with Crippen molar-refractivity contribution >= 4 is 28.4 Å². The van der Waals surface area contributed by atoms with E-state index in [4.69, 9.17) is 4.74 Å². The molecule has 0 aliphatic carbocycles. The number of ether oxygens (including phenoxy) is 1. The quantitative estimate of drug-likeness (QED) is 0.411. The summed E-state index contributed by atoms with van der Waals surface area (Å²) in [6.45, 7) is 1.93. The maximum atomic E-state index is 11.2. The molecular formula is C18H14N4O4. The van der Waals surface area contributed by atoms with E-state index in [9.17, 15) is 20.5 Å². The lowest BCUT2D eigenvalue weighted by Gasteiger charge is -2.07. The van der Waals surface area contributed by atoms with Crippen LogP contribution in [0, 0.1) is 21.4 Å². The first-order valence-corrected chi connectivity index (χ1v) is 7.74. The highest BCUT2D eigenvalue weighted by molar-refractivity contribution is 5.90. The number of rotatable bonds is 5. The molecule has 0 fully saturated rings. The number of hydrogen-bond donors (Lipinski definition) is 2. The molecule has 1 heterocycles. The van der Waals surface area contributed by atoms with Gasteiger partial charge in [0.1, 0.15) is 11.9 Å². The summed E-state index contributed by atoms with van der Waals surface area (Å²) in [5.74, 6) is -0.214. The Morgan fingerprint density at radius 3 is 2.88 bits per heavy atom. The summed E-state index contributed by atoms with van der Waals surface area (Å²) in [6, 6.07) is 12.0. The van der Waals surface area contributed by atoms with Crippen LogP contribution in [0.4, 0.5) is 5.69 Å². The van der Waals surface area contributed by atoms with Gasteiger partial charge in [0.15, 0.2) is 5.75 Å². The van der Waals surface area contributed by atoms with Crippen LogP contribution in [0.1, 0.15) is 18.3 Å². The monoisotopic (exact) mass is 350 g/mol. The normalized spacial score (nSPS) is 11.3. The molecule has 0 saturated carbocycles. The Morgan fingerprint density at radius 1 is 1.46 bits per heavy atom. The number of para-hydroxylation sites is 2. The van der Waals surface area contributed by atoms with E-state index in [1.165, 1.54) is 18.2 Å². The Balaban J connectivity index is 2.11. The second-order valence-electron chi connectivity index (χ2n) is 5.35. The number of nitro benzene ring substituents is 1. The van der Waals surface area contributed by atoms with Crippen molar-refractivity contribution in [1.29, 1.82) is 5.26 Å². The molecular weight excluding hydrogens is 336 g/mol. The van der Waals surface area contributed by atoms with Gasteiger partial charge >= 0.3 is 5.69 Å². The Hall–Kier alpha value is -3.86. The number of nitrogens with zero attached hydrogens (tertiary/aromatic N) is 3. The lowest BCUT2D eigenvalue weighted by Crippen LogP contribution is -1.96. The van der Waals surface area contributed by atoms with Gasteiger partial charge in [-0.1, -0.05) is 12.1 Å². The Kier molecular flexibility index (Phi) is 4.53. The van der Waals surface area contributed by atoms with Crippen molar-refractivity contribution < 1.29 is 14.8 Å². The van der Waals surface area contributed by atoms with Gasteiger partial charge in [0.2, 0.25) is 5.75 Å². The zero-order valence-corrected chi connectivity index (χ0v) is 13.8. The van der Waals surface area contributed by atoms with Gasteiger partial charge in [-0.3, -0.25) is 10.1 Å². The molecule has 3 rings (SSSR count). The highest BCUT2D eigenvalue weighted by Gasteiger charge is 2.20. The van der Waals surface area contributed by atoms with Crippen LogP contribution in [0.3, 0.4) is 0 Å². The number of fused-ring (bicyclic) bond motifs is 1. The summed E-state index contributed by atoms with van der Waals surface area (Å²) in [5, 5.41) is 30.6. The smallest absolute Gasteiger partial charge is 0.315 e. The number of allylic oxidation sites excluding steroid dienone is 1. The van der Waals surface area contributed by atoms with E-state index >= 15 is 0 Å². The number of benzene rings is 2. The zero-order valence-electron chi connectivity index (χ0n) is 13.8. The predicted molar refractivity (Wildman–Crippen MR) is 95.5 cm³/mol. The number of nitrogens with one attached hydrogen (secondary N) is 1. The van der Waals surface area contributed by atoms with Crippen molar-refractivity contribution in [3.05, 3.63) is 57.9 Å². The number of aromatic hydroxyl groups is 1. The van der Waals surface area contributed by atoms with E-state index in [1.54, 1.807) is 6.92 Å². The van der Waals surface area contributed by atoms with Crippen molar-refractivity contribution in [1.82, 2.24) is 9.97 Å². The van der Waals surface area contributed by atoms with Crippen LogP contribution in [0.25, 0.3) is 22.7 Å². The standard InChI is InChI=1S/C18H14N4O4/c1-2-26-16-9-11(8-15(17(16)23)22(24)25)7-12(10-19)18-20-13-5-3-4-6-14(13)21-18/h3-9,23H,2H2,1H3,(H,20,21)/b12-7-. The molecule has 0 atom stereocenters. The molecule has 0 aliphatic rings. The number of nitro groups is 1. The zero-order chi connectivity index (χ0) is 18.7. The van der Waals surface area contributed by atoms with Gasteiger partial charge in [0.25, 0.3) is 0 Å². The van der Waals surface area contributed by atoms with Gasteiger partial charge < -0.3 is 14.8 Å². The van der Waals surface area contributed by atoms with Crippen LogP contribution in [-0.4, -0.2) is 26.6 Å². The van der Waals surface area contributed by atoms with Gasteiger partial charge in [0.05, 0.1) is 28.1 Å². The first kappa shape index (κ1) is 17.0. The molecule has 0 unspecified atom stereocenters. The summed E-state index contributed by atoms with van der Waals surface area (Å²) in [5.41, 5.74) is 1.52. The third kappa shape index (κ3) is 3.18. The Bertz CT molecular complexity index is 1030. The van der Waals surface area contributed by atoms with E-state index in [0.29, 0.717) is 16.9 Å². The summed E-state index contributed by atoms with van der Waals surface area (Å²) >= 11 is 0. The summed E-state index contributed by atoms with van der Waals surface area (Å²) < 4.78 is 5.25. The summed E-state index contributed by atoms with van der Waals surface area (Å²) in [4.78, 5) is 17.8. The van der Waals surface area contributed by atoms with E-state index in [-0.39, 0.29) is 17.9 Å². The SMILES string of the molecule is CCOc1cc(/C=C(/C#N)c2nc3ccccc3[nH]2)cc([N+](=O)[O-])c1O. The number of phenols is 1. The molecule has 1 aromatic heterocycles. The van der Waals surface area contributed by atoms with E-state index < -0.39 is 16.4 Å².